The molecule has 1 N–H and O–H groups in total. The van der Waals surface area contributed by atoms with Crippen molar-refractivity contribution in [1.82, 2.24) is 9.62 Å². The van der Waals surface area contributed by atoms with Gasteiger partial charge >= 0.3 is 0 Å². The van der Waals surface area contributed by atoms with Gasteiger partial charge in [-0.3, -0.25) is 0 Å². The third-order valence-electron chi connectivity index (χ3n) is 4.30. The van der Waals surface area contributed by atoms with Gasteiger partial charge in [0.25, 0.3) is 0 Å². The lowest BCUT2D eigenvalue weighted by atomic mass is 9.95. The molecule has 6 heteroatoms. The summed E-state index contributed by atoms with van der Waals surface area (Å²) in [6, 6.07) is 7.10. The van der Waals surface area contributed by atoms with Crippen LogP contribution in [0.3, 0.4) is 0 Å². The molecule has 104 valence electrons. The Balaban J connectivity index is 1.96. The zero-order valence-corrected chi connectivity index (χ0v) is 13.1. The molecule has 0 aliphatic carbocycles. The normalized spacial score (nSPS) is 31.6. The summed E-state index contributed by atoms with van der Waals surface area (Å²) in [6.45, 7) is 4.50. The van der Waals surface area contributed by atoms with Crippen molar-refractivity contribution in [2.45, 2.75) is 17.9 Å². The summed E-state index contributed by atoms with van der Waals surface area (Å²) >= 11 is 3.34. The number of nitrogens with zero attached hydrogens (tertiary/aromatic N) is 1. The molecule has 0 amide bonds. The van der Waals surface area contributed by atoms with Gasteiger partial charge in [-0.2, -0.15) is 4.31 Å². The fourth-order valence-electron chi connectivity index (χ4n) is 3.23. The zero-order chi connectivity index (χ0) is 13.6. The highest BCUT2D eigenvalue weighted by molar-refractivity contribution is 9.10. The number of benzene rings is 1. The zero-order valence-electron chi connectivity index (χ0n) is 10.7. The monoisotopic (exact) mass is 344 g/mol. The minimum Gasteiger partial charge on any atom is -0.316 e. The second kappa shape index (κ2) is 4.84. The van der Waals surface area contributed by atoms with E-state index in [-0.39, 0.29) is 6.04 Å². The van der Waals surface area contributed by atoms with Crippen molar-refractivity contribution in [3.63, 3.8) is 0 Å². The van der Waals surface area contributed by atoms with E-state index < -0.39 is 10.0 Å². The maximum Gasteiger partial charge on any atom is 0.244 e. The highest BCUT2D eigenvalue weighted by Crippen LogP contribution is 2.37. The van der Waals surface area contributed by atoms with Crippen LogP contribution in [0, 0.1) is 11.8 Å². The third kappa shape index (κ3) is 2.14. The Morgan fingerprint density at radius 1 is 1.32 bits per heavy atom. The Labute approximate surface area is 122 Å². The summed E-state index contributed by atoms with van der Waals surface area (Å²) in [7, 11) is -3.40. The van der Waals surface area contributed by atoms with Crippen LogP contribution in [0.5, 0.6) is 0 Å². The number of rotatable bonds is 2. The summed E-state index contributed by atoms with van der Waals surface area (Å²) in [5, 5.41) is 3.35. The van der Waals surface area contributed by atoms with Crippen molar-refractivity contribution >= 4 is 26.0 Å². The highest BCUT2D eigenvalue weighted by atomic mass is 79.9. The molecule has 0 aromatic heterocycles. The smallest absolute Gasteiger partial charge is 0.244 e. The van der Waals surface area contributed by atoms with Gasteiger partial charge in [-0.15, -0.1) is 0 Å². The number of sulfonamides is 1. The summed E-state index contributed by atoms with van der Waals surface area (Å²) in [4.78, 5) is 0.370. The van der Waals surface area contributed by atoms with E-state index >= 15 is 0 Å². The first-order valence-electron chi connectivity index (χ1n) is 6.49. The molecule has 4 nitrogen and oxygen atoms in total. The molecule has 1 aromatic rings. The van der Waals surface area contributed by atoms with Crippen LogP contribution in [0.15, 0.2) is 33.6 Å². The predicted molar refractivity (Wildman–Crippen MR) is 77.3 cm³/mol. The number of hydrogen-bond acceptors (Lipinski definition) is 3. The van der Waals surface area contributed by atoms with E-state index in [4.69, 9.17) is 0 Å². The summed E-state index contributed by atoms with van der Waals surface area (Å²) in [6.07, 6.45) is 0. The van der Waals surface area contributed by atoms with Crippen LogP contribution in [0.4, 0.5) is 0 Å². The van der Waals surface area contributed by atoms with Crippen LogP contribution in [0.2, 0.25) is 0 Å². The van der Waals surface area contributed by atoms with Crippen LogP contribution in [-0.2, 0) is 10.0 Å². The first kappa shape index (κ1) is 13.5. The van der Waals surface area contributed by atoms with E-state index in [1.54, 1.807) is 22.5 Å². The van der Waals surface area contributed by atoms with Gasteiger partial charge in [0.15, 0.2) is 0 Å². The maximum absolute atomic E-state index is 12.8. The Morgan fingerprint density at radius 3 is 2.74 bits per heavy atom. The Morgan fingerprint density at radius 2 is 2.05 bits per heavy atom. The van der Waals surface area contributed by atoms with Gasteiger partial charge in [0.2, 0.25) is 10.0 Å². The Hall–Kier alpha value is -0.430. The molecule has 2 aliphatic heterocycles. The molecule has 1 aromatic carbocycles. The standard InChI is InChI=1S/C13H17BrN2O2S/c1-9-11-7-15-6-10(11)8-16(9)19(17,18)13-5-3-2-4-12(13)14/h2-5,9-11,15H,6-8H2,1H3. The van der Waals surface area contributed by atoms with E-state index in [2.05, 4.69) is 21.2 Å². The first-order valence-corrected chi connectivity index (χ1v) is 8.72. The molecule has 3 atom stereocenters. The fraction of sp³-hybridized carbons (Fsp3) is 0.538. The molecular weight excluding hydrogens is 328 g/mol. The van der Waals surface area contributed by atoms with Gasteiger partial charge in [0, 0.05) is 17.1 Å². The second-order valence-corrected chi connectivity index (χ2v) is 8.04. The molecule has 2 heterocycles. The van der Waals surface area contributed by atoms with Crippen LogP contribution < -0.4 is 5.32 Å². The van der Waals surface area contributed by atoms with E-state index in [0.717, 1.165) is 13.1 Å². The minimum absolute atomic E-state index is 0.0668. The van der Waals surface area contributed by atoms with Crippen LogP contribution in [0.1, 0.15) is 6.92 Å². The van der Waals surface area contributed by atoms with Crippen molar-refractivity contribution in [2.24, 2.45) is 11.8 Å². The van der Waals surface area contributed by atoms with E-state index in [1.807, 2.05) is 13.0 Å². The molecule has 19 heavy (non-hydrogen) atoms. The SMILES string of the molecule is CC1C2CNCC2CN1S(=O)(=O)c1ccccc1Br. The molecule has 3 rings (SSSR count). The van der Waals surface area contributed by atoms with Crippen molar-refractivity contribution in [2.75, 3.05) is 19.6 Å². The Bertz CT molecular complexity index is 590. The molecule has 2 aliphatic rings. The largest absolute Gasteiger partial charge is 0.316 e. The van der Waals surface area contributed by atoms with Crippen molar-refractivity contribution in [1.29, 1.82) is 0 Å². The summed E-state index contributed by atoms with van der Waals surface area (Å²) in [5.41, 5.74) is 0. The molecular formula is C13H17BrN2O2S. The molecule has 0 bridgehead atoms. The lowest BCUT2D eigenvalue weighted by Crippen LogP contribution is -2.38. The fourth-order valence-corrected chi connectivity index (χ4v) is 5.92. The maximum atomic E-state index is 12.8. The van der Waals surface area contributed by atoms with Gasteiger partial charge in [0.05, 0.1) is 4.90 Å². The topological polar surface area (TPSA) is 49.4 Å². The van der Waals surface area contributed by atoms with Crippen molar-refractivity contribution in [3.05, 3.63) is 28.7 Å². The van der Waals surface area contributed by atoms with Crippen LogP contribution in [0.25, 0.3) is 0 Å². The van der Waals surface area contributed by atoms with Crippen LogP contribution in [-0.4, -0.2) is 38.4 Å². The van der Waals surface area contributed by atoms with Gasteiger partial charge < -0.3 is 5.32 Å². The third-order valence-corrected chi connectivity index (χ3v) is 7.27. The number of halogens is 1. The average molecular weight is 345 g/mol. The van der Waals surface area contributed by atoms with Crippen molar-refractivity contribution < 1.29 is 8.42 Å². The lowest BCUT2D eigenvalue weighted by molar-refractivity contribution is 0.360. The van der Waals surface area contributed by atoms with E-state index in [9.17, 15) is 8.42 Å². The minimum atomic E-state index is -3.40. The number of nitrogens with one attached hydrogen (secondary N) is 1. The van der Waals surface area contributed by atoms with E-state index in [1.165, 1.54) is 0 Å². The molecule has 0 radical (unpaired) electrons. The van der Waals surface area contributed by atoms with E-state index in [0.29, 0.717) is 27.7 Å². The number of fused-ring (bicyclic) bond motifs is 1. The predicted octanol–water partition coefficient (Wildman–Crippen LogP) is 1.68. The average Bonchev–Trinajstić information content (AvgIpc) is 2.93. The summed E-state index contributed by atoms with van der Waals surface area (Å²) < 4.78 is 27.9. The first-order chi connectivity index (χ1) is 9.01. The van der Waals surface area contributed by atoms with Gasteiger partial charge in [-0.05, 0) is 59.9 Å². The van der Waals surface area contributed by atoms with Crippen molar-refractivity contribution in [3.8, 4) is 0 Å². The van der Waals surface area contributed by atoms with Gasteiger partial charge in [0.1, 0.15) is 0 Å². The van der Waals surface area contributed by atoms with Gasteiger partial charge in [-0.25, -0.2) is 8.42 Å². The Kier molecular flexibility index (Phi) is 3.45. The van der Waals surface area contributed by atoms with Gasteiger partial charge in [-0.1, -0.05) is 12.1 Å². The molecule has 2 fully saturated rings. The molecule has 2 saturated heterocycles. The summed E-state index contributed by atoms with van der Waals surface area (Å²) in [5.74, 6) is 0.893. The quantitative estimate of drug-likeness (QED) is 0.887. The van der Waals surface area contributed by atoms with Crippen LogP contribution >= 0.6 is 15.9 Å². The number of hydrogen-bond donors (Lipinski definition) is 1. The lowest BCUT2D eigenvalue weighted by Gasteiger charge is -2.24. The highest BCUT2D eigenvalue weighted by Gasteiger charge is 2.47. The molecule has 0 spiro atoms. The molecule has 0 saturated carbocycles. The second-order valence-electron chi connectivity index (χ2n) is 5.33. The molecule has 3 unspecified atom stereocenters.